The van der Waals surface area contributed by atoms with Gasteiger partial charge in [0.15, 0.2) is 5.92 Å². The highest BCUT2D eigenvalue weighted by Crippen LogP contribution is 2.11. The molecule has 4 heteroatoms. The Kier molecular flexibility index (Phi) is 10.0. The molecule has 0 heterocycles. The molecule has 0 aliphatic rings. The number of carbonyl (C=O) groups excluding carboxylic acids is 2. The molecule has 0 unspecified atom stereocenters. The van der Waals surface area contributed by atoms with Crippen LogP contribution in [-0.2, 0) is 19.1 Å². The van der Waals surface area contributed by atoms with Crippen LogP contribution in [0.25, 0.3) is 0 Å². The molecule has 0 aliphatic carbocycles. The van der Waals surface area contributed by atoms with Gasteiger partial charge in [0.1, 0.15) is 0 Å². The number of ether oxygens (including phenoxy) is 2. The monoisotopic (exact) mass is 256 g/mol. The number of carbonyl (C=O) groups is 2. The van der Waals surface area contributed by atoms with Gasteiger partial charge >= 0.3 is 11.9 Å². The fourth-order valence-corrected chi connectivity index (χ4v) is 1.29. The quantitative estimate of drug-likeness (QED) is 0.361. The lowest BCUT2D eigenvalue weighted by molar-refractivity contribution is -0.162. The van der Waals surface area contributed by atoms with Crippen LogP contribution in [0.4, 0.5) is 0 Å². The zero-order chi connectivity index (χ0) is 13.8. The second-order valence-corrected chi connectivity index (χ2v) is 4.00. The fraction of sp³-hybridized carbons (Fsp3) is 0.714. The lowest BCUT2D eigenvalue weighted by Crippen LogP contribution is -2.28. The molecule has 104 valence electrons. The predicted molar refractivity (Wildman–Crippen MR) is 70.0 cm³/mol. The topological polar surface area (TPSA) is 52.6 Å². The summed E-state index contributed by atoms with van der Waals surface area (Å²) < 4.78 is 10.0. The summed E-state index contributed by atoms with van der Waals surface area (Å²) in [5, 5.41) is 0. The van der Waals surface area contributed by atoms with Gasteiger partial charge in [-0.1, -0.05) is 32.9 Å². The van der Waals surface area contributed by atoms with Crippen LogP contribution in [0.5, 0.6) is 0 Å². The van der Waals surface area contributed by atoms with Crippen molar-refractivity contribution in [3.63, 3.8) is 0 Å². The molecular weight excluding hydrogens is 232 g/mol. The highest BCUT2D eigenvalue weighted by atomic mass is 16.6. The van der Waals surface area contributed by atoms with Gasteiger partial charge in [0.05, 0.1) is 13.2 Å². The molecule has 4 nitrogen and oxygen atoms in total. The average molecular weight is 256 g/mol. The van der Waals surface area contributed by atoms with Crippen LogP contribution in [0.1, 0.15) is 46.5 Å². The molecule has 0 aromatic heterocycles. The molecule has 0 aromatic carbocycles. The largest absolute Gasteiger partial charge is 0.465 e. The van der Waals surface area contributed by atoms with Gasteiger partial charge in [-0.15, -0.1) is 0 Å². The molecule has 0 amide bonds. The van der Waals surface area contributed by atoms with Gasteiger partial charge in [0.25, 0.3) is 0 Å². The van der Waals surface area contributed by atoms with Crippen molar-refractivity contribution in [1.82, 2.24) is 0 Å². The fourth-order valence-electron chi connectivity index (χ4n) is 1.29. The van der Waals surface area contributed by atoms with E-state index in [4.69, 9.17) is 9.47 Å². The zero-order valence-electron chi connectivity index (χ0n) is 11.6. The summed E-state index contributed by atoms with van der Waals surface area (Å²) in [6, 6.07) is 0. The Morgan fingerprint density at radius 1 is 0.944 bits per heavy atom. The van der Waals surface area contributed by atoms with Crippen molar-refractivity contribution >= 4 is 11.9 Å². The van der Waals surface area contributed by atoms with Crippen LogP contribution < -0.4 is 0 Å². The van der Waals surface area contributed by atoms with Crippen molar-refractivity contribution in [1.29, 1.82) is 0 Å². The first-order valence-corrected chi connectivity index (χ1v) is 6.65. The molecule has 0 radical (unpaired) electrons. The van der Waals surface area contributed by atoms with E-state index in [0.29, 0.717) is 19.6 Å². The van der Waals surface area contributed by atoms with E-state index < -0.39 is 17.9 Å². The van der Waals surface area contributed by atoms with E-state index in [0.717, 1.165) is 19.3 Å². The normalized spacial score (nSPS) is 10.9. The molecule has 0 aliphatic heterocycles. The highest BCUT2D eigenvalue weighted by Gasteiger charge is 2.28. The SMILES string of the molecule is CC/C=C/CC(C(=O)OCCC)C(=O)OCCC. The van der Waals surface area contributed by atoms with Gasteiger partial charge in [-0.2, -0.15) is 0 Å². The minimum Gasteiger partial charge on any atom is -0.465 e. The Morgan fingerprint density at radius 3 is 1.83 bits per heavy atom. The molecule has 18 heavy (non-hydrogen) atoms. The molecule has 0 rings (SSSR count). The third kappa shape index (κ3) is 7.09. The summed E-state index contributed by atoms with van der Waals surface area (Å²) in [7, 11) is 0. The van der Waals surface area contributed by atoms with E-state index in [1.165, 1.54) is 0 Å². The summed E-state index contributed by atoms with van der Waals surface area (Å²) in [4.78, 5) is 23.5. The van der Waals surface area contributed by atoms with E-state index >= 15 is 0 Å². The van der Waals surface area contributed by atoms with Gasteiger partial charge in [0, 0.05) is 0 Å². The predicted octanol–water partition coefficient (Wildman–Crippen LogP) is 2.87. The van der Waals surface area contributed by atoms with E-state index in [-0.39, 0.29) is 0 Å². The molecule has 0 fully saturated rings. The van der Waals surface area contributed by atoms with Crippen molar-refractivity contribution in [2.75, 3.05) is 13.2 Å². The molecular formula is C14H24O4. The molecule has 0 bridgehead atoms. The van der Waals surface area contributed by atoms with Crippen LogP contribution in [-0.4, -0.2) is 25.2 Å². The maximum absolute atomic E-state index is 11.7. The van der Waals surface area contributed by atoms with Crippen molar-refractivity contribution in [3.05, 3.63) is 12.2 Å². The summed E-state index contributed by atoms with van der Waals surface area (Å²) in [5.74, 6) is -1.80. The van der Waals surface area contributed by atoms with Crippen LogP contribution in [0.3, 0.4) is 0 Å². The van der Waals surface area contributed by atoms with Crippen LogP contribution in [0.15, 0.2) is 12.2 Å². The highest BCUT2D eigenvalue weighted by molar-refractivity contribution is 5.95. The first kappa shape index (κ1) is 16.7. The number of rotatable bonds is 9. The molecule has 0 N–H and O–H groups in total. The molecule has 0 saturated carbocycles. The smallest absolute Gasteiger partial charge is 0.320 e. The summed E-state index contributed by atoms with van der Waals surface area (Å²) >= 11 is 0. The van der Waals surface area contributed by atoms with Gasteiger partial charge in [-0.25, -0.2) is 0 Å². The Bertz CT molecular complexity index is 251. The maximum Gasteiger partial charge on any atom is 0.320 e. The van der Waals surface area contributed by atoms with Gasteiger partial charge in [-0.05, 0) is 25.7 Å². The van der Waals surface area contributed by atoms with E-state index in [2.05, 4.69) is 0 Å². The van der Waals surface area contributed by atoms with Crippen molar-refractivity contribution < 1.29 is 19.1 Å². The second-order valence-electron chi connectivity index (χ2n) is 4.00. The van der Waals surface area contributed by atoms with Crippen molar-refractivity contribution in [2.24, 2.45) is 5.92 Å². The van der Waals surface area contributed by atoms with Crippen LogP contribution in [0, 0.1) is 5.92 Å². The minimum absolute atomic E-state index is 0.341. The summed E-state index contributed by atoms with van der Waals surface area (Å²) in [6.45, 7) is 6.50. The van der Waals surface area contributed by atoms with E-state index in [1.807, 2.05) is 32.9 Å². The zero-order valence-corrected chi connectivity index (χ0v) is 11.6. The number of allylic oxidation sites excluding steroid dienone is 2. The third-order valence-corrected chi connectivity index (χ3v) is 2.24. The standard InChI is InChI=1S/C14H24O4/c1-4-7-8-9-12(13(15)17-10-5-2)14(16)18-11-6-3/h7-8,12H,4-6,9-11H2,1-3H3/b8-7+. The van der Waals surface area contributed by atoms with Crippen molar-refractivity contribution in [3.8, 4) is 0 Å². The Hall–Kier alpha value is -1.32. The Labute approximate surface area is 109 Å². The number of esters is 2. The van der Waals surface area contributed by atoms with Crippen LogP contribution in [0.2, 0.25) is 0 Å². The van der Waals surface area contributed by atoms with Crippen LogP contribution >= 0.6 is 0 Å². The number of hydrogen-bond donors (Lipinski definition) is 0. The lowest BCUT2D eigenvalue weighted by atomic mass is 10.1. The van der Waals surface area contributed by atoms with Gasteiger partial charge in [0.2, 0.25) is 0 Å². The first-order chi connectivity index (χ1) is 8.67. The minimum atomic E-state index is -0.828. The first-order valence-electron chi connectivity index (χ1n) is 6.65. The maximum atomic E-state index is 11.7. The average Bonchev–Trinajstić information content (AvgIpc) is 2.38. The lowest BCUT2D eigenvalue weighted by Gasteiger charge is -2.13. The molecule has 0 saturated heterocycles. The van der Waals surface area contributed by atoms with E-state index in [1.54, 1.807) is 0 Å². The summed E-state index contributed by atoms with van der Waals surface area (Å²) in [6.07, 6.45) is 6.46. The summed E-state index contributed by atoms with van der Waals surface area (Å²) in [5.41, 5.74) is 0. The molecule has 0 spiro atoms. The third-order valence-electron chi connectivity index (χ3n) is 2.24. The van der Waals surface area contributed by atoms with E-state index in [9.17, 15) is 9.59 Å². The van der Waals surface area contributed by atoms with Gasteiger partial charge < -0.3 is 9.47 Å². The Balaban J connectivity index is 4.44. The molecule has 0 aromatic rings. The van der Waals surface area contributed by atoms with Crippen molar-refractivity contribution in [2.45, 2.75) is 46.5 Å². The second kappa shape index (κ2) is 10.8. The van der Waals surface area contributed by atoms with Gasteiger partial charge in [-0.3, -0.25) is 9.59 Å². The number of hydrogen-bond acceptors (Lipinski definition) is 4. The molecule has 0 atom stereocenters. The Morgan fingerprint density at radius 2 is 1.44 bits per heavy atom.